The van der Waals surface area contributed by atoms with Crippen molar-refractivity contribution in [2.45, 2.75) is 26.9 Å². The first-order chi connectivity index (χ1) is 11.3. The van der Waals surface area contributed by atoms with Gasteiger partial charge in [0.15, 0.2) is 6.10 Å². The molecule has 0 N–H and O–H groups in total. The molecule has 2 aromatic rings. The monoisotopic (exact) mass is 327 g/mol. The quantitative estimate of drug-likeness (QED) is 0.362. The molecule has 0 unspecified atom stereocenters. The Morgan fingerprint density at radius 1 is 1.00 bits per heavy atom. The van der Waals surface area contributed by atoms with Gasteiger partial charge in [0.1, 0.15) is 0 Å². The Labute approximate surface area is 139 Å². The minimum Gasteiger partial charge on any atom is -0.451 e. The number of esters is 1. The van der Waals surface area contributed by atoms with Crippen LogP contribution in [0.1, 0.15) is 38.8 Å². The van der Waals surface area contributed by atoms with Crippen molar-refractivity contribution in [2.24, 2.45) is 0 Å². The number of hydrogen-bond donors (Lipinski definition) is 0. The van der Waals surface area contributed by atoms with E-state index in [-0.39, 0.29) is 17.0 Å². The standard InChI is InChI=1S/C18H17NO5/c1-11-4-5-15(10-12(11)2)17(20)13(3)24-18(21)14-6-8-16(9-7-14)19(22)23/h4-10,13H,1-3H3/t13-/m0/s1. The van der Waals surface area contributed by atoms with Crippen molar-refractivity contribution in [3.8, 4) is 0 Å². The summed E-state index contributed by atoms with van der Waals surface area (Å²) in [6.45, 7) is 5.35. The summed E-state index contributed by atoms with van der Waals surface area (Å²) in [4.78, 5) is 34.4. The van der Waals surface area contributed by atoms with Crippen LogP contribution in [0.2, 0.25) is 0 Å². The van der Waals surface area contributed by atoms with Gasteiger partial charge in [-0.2, -0.15) is 0 Å². The highest BCUT2D eigenvalue weighted by Gasteiger charge is 2.21. The molecule has 0 amide bonds. The van der Waals surface area contributed by atoms with Crippen molar-refractivity contribution >= 4 is 17.4 Å². The maximum absolute atomic E-state index is 12.4. The molecule has 0 aliphatic carbocycles. The molecule has 0 aliphatic rings. The Hall–Kier alpha value is -3.02. The van der Waals surface area contributed by atoms with Crippen molar-refractivity contribution in [1.82, 2.24) is 0 Å². The highest BCUT2D eigenvalue weighted by molar-refractivity contribution is 6.01. The van der Waals surface area contributed by atoms with Gasteiger partial charge in [0.2, 0.25) is 5.78 Å². The molecule has 6 heteroatoms. The summed E-state index contributed by atoms with van der Waals surface area (Å²) < 4.78 is 5.16. The fourth-order valence-corrected chi connectivity index (χ4v) is 2.13. The summed E-state index contributed by atoms with van der Waals surface area (Å²) >= 11 is 0. The van der Waals surface area contributed by atoms with Crippen molar-refractivity contribution in [3.05, 3.63) is 74.8 Å². The molecule has 0 aromatic heterocycles. The van der Waals surface area contributed by atoms with Gasteiger partial charge in [-0.15, -0.1) is 0 Å². The number of benzene rings is 2. The highest BCUT2D eigenvalue weighted by Crippen LogP contribution is 2.16. The summed E-state index contributed by atoms with van der Waals surface area (Å²) in [7, 11) is 0. The highest BCUT2D eigenvalue weighted by atomic mass is 16.6. The van der Waals surface area contributed by atoms with Crippen LogP contribution in [0, 0.1) is 24.0 Å². The molecular weight excluding hydrogens is 310 g/mol. The average Bonchev–Trinajstić information content (AvgIpc) is 2.56. The first-order valence-corrected chi connectivity index (χ1v) is 7.36. The number of hydrogen-bond acceptors (Lipinski definition) is 5. The third-order valence-electron chi connectivity index (χ3n) is 3.76. The number of aryl methyl sites for hydroxylation is 2. The van der Waals surface area contributed by atoms with Crippen molar-refractivity contribution in [3.63, 3.8) is 0 Å². The lowest BCUT2D eigenvalue weighted by Crippen LogP contribution is -2.24. The summed E-state index contributed by atoms with van der Waals surface area (Å²) in [6, 6.07) is 10.3. The zero-order valence-electron chi connectivity index (χ0n) is 13.6. The van der Waals surface area contributed by atoms with Crippen LogP contribution in [0.5, 0.6) is 0 Å². The van der Waals surface area contributed by atoms with E-state index in [2.05, 4.69) is 0 Å². The largest absolute Gasteiger partial charge is 0.451 e. The normalized spacial score (nSPS) is 11.6. The predicted molar refractivity (Wildman–Crippen MR) is 88.2 cm³/mol. The van der Waals surface area contributed by atoms with Gasteiger partial charge in [0.05, 0.1) is 10.5 Å². The van der Waals surface area contributed by atoms with Crippen molar-refractivity contribution in [2.75, 3.05) is 0 Å². The molecule has 2 rings (SSSR count). The number of rotatable bonds is 5. The van der Waals surface area contributed by atoms with E-state index >= 15 is 0 Å². The second-order valence-corrected chi connectivity index (χ2v) is 5.51. The van der Waals surface area contributed by atoms with Gasteiger partial charge < -0.3 is 4.74 Å². The first kappa shape index (κ1) is 17.3. The van der Waals surface area contributed by atoms with Crippen LogP contribution in [0.25, 0.3) is 0 Å². The number of nitro benzene ring substituents is 1. The van der Waals surface area contributed by atoms with Crippen LogP contribution >= 0.6 is 0 Å². The minimum absolute atomic E-state index is 0.120. The molecule has 0 spiro atoms. The van der Waals surface area contributed by atoms with Gasteiger partial charge in [0, 0.05) is 17.7 Å². The Kier molecular flexibility index (Phi) is 5.08. The zero-order valence-corrected chi connectivity index (χ0v) is 13.6. The van der Waals surface area contributed by atoms with Gasteiger partial charge >= 0.3 is 5.97 Å². The van der Waals surface area contributed by atoms with Gasteiger partial charge in [-0.1, -0.05) is 12.1 Å². The average molecular weight is 327 g/mol. The number of nitro groups is 1. The molecule has 0 bridgehead atoms. The summed E-state index contributed by atoms with van der Waals surface area (Å²) in [5, 5.41) is 10.6. The molecule has 0 heterocycles. The molecule has 0 saturated carbocycles. The van der Waals surface area contributed by atoms with E-state index in [0.29, 0.717) is 5.56 Å². The molecule has 0 fully saturated rings. The maximum atomic E-state index is 12.4. The molecule has 24 heavy (non-hydrogen) atoms. The van der Waals surface area contributed by atoms with E-state index in [0.717, 1.165) is 11.1 Å². The van der Waals surface area contributed by atoms with Gasteiger partial charge in [-0.3, -0.25) is 14.9 Å². The van der Waals surface area contributed by atoms with E-state index in [4.69, 9.17) is 4.74 Å². The predicted octanol–water partition coefficient (Wildman–Crippen LogP) is 3.64. The smallest absolute Gasteiger partial charge is 0.338 e. The van der Waals surface area contributed by atoms with Crippen LogP contribution in [0.4, 0.5) is 5.69 Å². The van der Waals surface area contributed by atoms with E-state index in [9.17, 15) is 19.7 Å². The lowest BCUT2D eigenvalue weighted by atomic mass is 10.0. The molecule has 0 aliphatic heterocycles. The number of carbonyl (C=O) groups excluding carboxylic acids is 2. The molecule has 124 valence electrons. The van der Waals surface area contributed by atoms with Crippen LogP contribution in [0.3, 0.4) is 0 Å². The van der Waals surface area contributed by atoms with Gasteiger partial charge in [0.25, 0.3) is 5.69 Å². The maximum Gasteiger partial charge on any atom is 0.338 e. The number of ketones is 1. The summed E-state index contributed by atoms with van der Waals surface area (Å²) in [5.74, 6) is -0.997. The minimum atomic E-state index is -0.949. The van der Waals surface area contributed by atoms with Crippen molar-refractivity contribution < 1.29 is 19.2 Å². The number of nitrogens with zero attached hydrogens (tertiary/aromatic N) is 1. The number of ether oxygens (including phenoxy) is 1. The Morgan fingerprint density at radius 2 is 1.58 bits per heavy atom. The van der Waals surface area contributed by atoms with Crippen LogP contribution < -0.4 is 0 Å². The van der Waals surface area contributed by atoms with Crippen LogP contribution in [-0.2, 0) is 4.74 Å². The molecule has 0 saturated heterocycles. The Bertz CT molecular complexity index is 796. The van der Waals surface area contributed by atoms with E-state index in [1.807, 2.05) is 19.9 Å². The van der Waals surface area contributed by atoms with Crippen molar-refractivity contribution in [1.29, 1.82) is 0 Å². The summed E-state index contributed by atoms with van der Waals surface area (Å²) in [6.07, 6.45) is -0.949. The number of carbonyl (C=O) groups is 2. The third kappa shape index (κ3) is 3.84. The zero-order chi connectivity index (χ0) is 17.9. The van der Waals surface area contributed by atoms with Crippen LogP contribution in [-0.4, -0.2) is 22.8 Å². The Morgan fingerprint density at radius 3 is 2.12 bits per heavy atom. The van der Waals surface area contributed by atoms with E-state index < -0.39 is 17.0 Å². The molecule has 6 nitrogen and oxygen atoms in total. The first-order valence-electron chi connectivity index (χ1n) is 7.36. The molecule has 0 radical (unpaired) electrons. The third-order valence-corrected chi connectivity index (χ3v) is 3.76. The van der Waals surface area contributed by atoms with E-state index in [1.165, 1.54) is 31.2 Å². The topological polar surface area (TPSA) is 86.5 Å². The number of Topliss-reactive ketones (excluding diaryl/α,β-unsaturated/α-hetero) is 1. The fourth-order valence-electron chi connectivity index (χ4n) is 2.13. The fraction of sp³-hybridized carbons (Fsp3) is 0.222. The second-order valence-electron chi connectivity index (χ2n) is 5.51. The van der Waals surface area contributed by atoms with E-state index in [1.54, 1.807) is 12.1 Å². The Balaban J connectivity index is 2.08. The lowest BCUT2D eigenvalue weighted by molar-refractivity contribution is -0.384. The second kappa shape index (κ2) is 7.04. The lowest BCUT2D eigenvalue weighted by Gasteiger charge is -2.13. The SMILES string of the molecule is Cc1ccc(C(=O)[C@H](C)OC(=O)c2ccc([N+](=O)[O-])cc2)cc1C. The van der Waals surface area contributed by atoms with Gasteiger partial charge in [-0.05, 0) is 50.1 Å². The van der Waals surface area contributed by atoms with Crippen LogP contribution in [0.15, 0.2) is 42.5 Å². The van der Waals surface area contributed by atoms with Gasteiger partial charge in [-0.25, -0.2) is 4.79 Å². The summed E-state index contributed by atoms with van der Waals surface area (Å²) in [5.41, 5.74) is 2.56. The molecule has 2 aromatic carbocycles. The molecular formula is C18H17NO5. The molecule has 1 atom stereocenters. The number of non-ortho nitro benzene ring substituents is 1.